The molecule has 1 aliphatic rings. The molecule has 1 amide bonds. The Morgan fingerprint density at radius 3 is 2.73 bits per heavy atom. The highest BCUT2D eigenvalue weighted by atomic mass is 19.1. The Hall–Kier alpha value is -2.22. The van der Waals surface area contributed by atoms with Gasteiger partial charge >= 0.3 is 0 Å². The Labute approximate surface area is 152 Å². The number of amides is 1. The van der Waals surface area contributed by atoms with Crippen LogP contribution in [0.5, 0.6) is 0 Å². The number of aliphatic hydroxyl groups is 1. The van der Waals surface area contributed by atoms with Crippen molar-refractivity contribution in [1.82, 2.24) is 19.9 Å². The van der Waals surface area contributed by atoms with E-state index in [9.17, 15) is 14.3 Å². The van der Waals surface area contributed by atoms with Gasteiger partial charge < -0.3 is 15.7 Å². The fourth-order valence-corrected chi connectivity index (χ4v) is 2.64. The highest BCUT2D eigenvalue weighted by molar-refractivity contribution is 5.99. The number of nitrogens with one attached hydrogen (secondary N) is 2. The Kier molecular flexibility index (Phi) is 4.88. The van der Waals surface area contributed by atoms with Crippen molar-refractivity contribution in [2.75, 3.05) is 11.9 Å². The van der Waals surface area contributed by atoms with Gasteiger partial charge in [-0.25, -0.2) is 9.37 Å². The van der Waals surface area contributed by atoms with Crippen LogP contribution in [0.25, 0.3) is 5.65 Å². The Bertz CT molecular complexity index is 808. The Morgan fingerprint density at radius 2 is 2.15 bits per heavy atom. The lowest BCUT2D eigenvalue weighted by Crippen LogP contribution is -2.42. The average Bonchev–Trinajstić information content (AvgIpc) is 3.30. The minimum Gasteiger partial charge on any atom is -0.387 e. The largest absolute Gasteiger partial charge is 0.387 e. The van der Waals surface area contributed by atoms with Crippen LogP contribution in [0.2, 0.25) is 0 Å². The molecular formula is C18H26FN5O2. The lowest BCUT2D eigenvalue weighted by molar-refractivity contribution is -0.00177. The molecule has 0 saturated heterocycles. The topological polar surface area (TPSA) is 91.5 Å². The zero-order valence-corrected chi connectivity index (χ0v) is 15.6. The molecule has 7 nitrogen and oxygen atoms in total. The van der Waals surface area contributed by atoms with E-state index in [1.807, 2.05) is 19.9 Å². The van der Waals surface area contributed by atoms with E-state index in [-0.39, 0.29) is 12.6 Å². The van der Waals surface area contributed by atoms with E-state index in [0.29, 0.717) is 22.9 Å². The summed E-state index contributed by atoms with van der Waals surface area (Å²) in [4.78, 5) is 16.9. The number of halogens is 1. The van der Waals surface area contributed by atoms with Crippen LogP contribution >= 0.6 is 0 Å². The van der Waals surface area contributed by atoms with E-state index in [1.165, 1.54) is 20.0 Å². The summed E-state index contributed by atoms with van der Waals surface area (Å²) in [5.74, 6) is 0.547. The second-order valence-corrected chi connectivity index (χ2v) is 7.76. The molecule has 0 radical (unpaired) electrons. The van der Waals surface area contributed by atoms with Crippen molar-refractivity contribution in [3.8, 4) is 0 Å². The van der Waals surface area contributed by atoms with E-state index in [0.717, 1.165) is 18.5 Å². The van der Waals surface area contributed by atoms with Crippen LogP contribution in [0, 0.1) is 0 Å². The van der Waals surface area contributed by atoms with E-state index in [4.69, 9.17) is 0 Å². The maximum Gasteiger partial charge on any atom is 0.256 e. The van der Waals surface area contributed by atoms with Crippen LogP contribution in [0.4, 0.5) is 10.2 Å². The van der Waals surface area contributed by atoms with Gasteiger partial charge in [0.1, 0.15) is 17.6 Å². The number of carbonyl (C=O) groups is 1. The molecular weight excluding hydrogens is 337 g/mol. The van der Waals surface area contributed by atoms with E-state index < -0.39 is 17.7 Å². The lowest BCUT2D eigenvalue weighted by Gasteiger charge is -2.22. The Balaban J connectivity index is 1.89. The average molecular weight is 363 g/mol. The van der Waals surface area contributed by atoms with Gasteiger partial charge in [0.2, 0.25) is 0 Å². The summed E-state index contributed by atoms with van der Waals surface area (Å²) in [6, 6.07) is 2.02. The monoisotopic (exact) mass is 363 g/mol. The van der Waals surface area contributed by atoms with Crippen molar-refractivity contribution < 1.29 is 14.3 Å². The van der Waals surface area contributed by atoms with Crippen LogP contribution in [0.1, 0.15) is 62.5 Å². The molecule has 0 unspecified atom stereocenters. The van der Waals surface area contributed by atoms with E-state index in [1.54, 1.807) is 4.52 Å². The third-order valence-electron chi connectivity index (χ3n) is 4.38. The maximum absolute atomic E-state index is 13.9. The highest BCUT2D eigenvalue weighted by Gasteiger charge is 2.29. The molecule has 2 heterocycles. The number of rotatable bonds is 7. The number of hydrogen-bond acceptors (Lipinski definition) is 5. The molecule has 3 rings (SSSR count). The second-order valence-electron chi connectivity index (χ2n) is 7.76. The van der Waals surface area contributed by atoms with Gasteiger partial charge in [0.05, 0.1) is 17.8 Å². The van der Waals surface area contributed by atoms with Crippen molar-refractivity contribution >= 4 is 17.4 Å². The minimum absolute atomic E-state index is 0.0750. The smallest absolute Gasteiger partial charge is 0.256 e. The van der Waals surface area contributed by atoms with Crippen LogP contribution in [0.15, 0.2) is 12.3 Å². The SMILES string of the molecule is CC(C)Nc1c(C(=O)NC[C@@H](F)C(C)(C)O)cnc2cc(C3CC3)nn12. The highest BCUT2D eigenvalue weighted by Crippen LogP contribution is 2.39. The molecule has 2 aromatic heterocycles. The first-order valence-corrected chi connectivity index (χ1v) is 8.96. The number of alkyl halides is 1. The molecule has 0 bridgehead atoms. The number of aromatic nitrogens is 3. The first-order chi connectivity index (χ1) is 12.2. The second kappa shape index (κ2) is 6.83. The summed E-state index contributed by atoms with van der Waals surface area (Å²) in [5.41, 5.74) is 0.425. The molecule has 3 N–H and O–H groups in total. The van der Waals surface area contributed by atoms with E-state index >= 15 is 0 Å². The molecule has 142 valence electrons. The summed E-state index contributed by atoms with van der Waals surface area (Å²) in [6.07, 6.45) is 2.15. The molecule has 0 aliphatic heterocycles. The predicted molar refractivity (Wildman–Crippen MR) is 97.2 cm³/mol. The molecule has 8 heteroatoms. The van der Waals surface area contributed by atoms with Gasteiger partial charge in [0.15, 0.2) is 5.65 Å². The first kappa shape index (κ1) is 18.6. The third kappa shape index (κ3) is 3.95. The summed E-state index contributed by atoms with van der Waals surface area (Å²) in [5, 5.41) is 20.1. The zero-order chi connectivity index (χ0) is 19.1. The summed E-state index contributed by atoms with van der Waals surface area (Å²) in [7, 11) is 0. The van der Waals surface area contributed by atoms with E-state index in [2.05, 4.69) is 20.7 Å². The molecule has 26 heavy (non-hydrogen) atoms. The standard InChI is InChI=1S/C18H26FN5O2/c1-10(2)22-16-12(17(25)21-9-14(19)18(3,4)26)8-20-15-7-13(11-5-6-11)23-24(15)16/h7-8,10-11,14,22,26H,5-6,9H2,1-4H3,(H,21,25)/t14-/m1/s1. The summed E-state index contributed by atoms with van der Waals surface area (Å²) in [6.45, 7) is 6.38. The molecule has 2 aromatic rings. The Morgan fingerprint density at radius 1 is 1.46 bits per heavy atom. The third-order valence-corrected chi connectivity index (χ3v) is 4.38. The van der Waals surface area contributed by atoms with Crippen molar-refractivity contribution in [3.63, 3.8) is 0 Å². The van der Waals surface area contributed by atoms with Crippen LogP contribution in [-0.4, -0.2) is 50.0 Å². The summed E-state index contributed by atoms with van der Waals surface area (Å²) >= 11 is 0. The fourth-order valence-electron chi connectivity index (χ4n) is 2.64. The van der Waals surface area contributed by atoms with Crippen LogP contribution in [0.3, 0.4) is 0 Å². The number of nitrogens with zero attached hydrogens (tertiary/aromatic N) is 3. The summed E-state index contributed by atoms with van der Waals surface area (Å²) < 4.78 is 15.6. The van der Waals surface area contributed by atoms with Crippen molar-refractivity contribution in [3.05, 3.63) is 23.5 Å². The lowest BCUT2D eigenvalue weighted by atomic mass is 10.0. The minimum atomic E-state index is -1.57. The fraction of sp³-hybridized carbons (Fsp3) is 0.611. The number of carbonyl (C=O) groups excluding carboxylic acids is 1. The molecule has 1 fully saturated rings. The van der Waals surface area contributed by atoms with Gasteiger partial charge in [-0.05, 0) is 40.5 Å². The van der Waals surface area contributed by atoms with Gasteiger partial charge in [-0.15, -0.1) is 0 Å². The normalized spacial score (nSPS) is 16.1. The first-order valence-electron chi connectivity index (χ1n) is 8.96. The predicted octanol–water partition coefficient (Wildman–Crippen LogP) is 2.27. The molecule has 0 aromatic carbocycles. The van der Waals surface area contributed by atoms with Gasteiger partial charge in [0, 0.05) is 24.2 Å². The molecule has 1 saturated carbocycles. The molecule has 1 atom stereocenters. The number of hydrogen-bond donors (Lipinski definition) is 3. The molecule has 1 aliphatic carbocycles. The maximum atomic E-state index is 13.9. The van der Waals surface area contributed by atoms with Crippen LogP contribution < -0.4 is 10.6 Å². The van der Waals surface area contributed by atoms with Crippen molar-refractivity contribution in [2.45, 2.75) is 64.3 Å². The van der Waals surface area contributed by atoms with Gasteiger partial charge in [0.25, 0.3) is 5.91 Å². The number of anilines is 1. The van der Waals surface area contributed by atoms with Gasteiger partial charge in [-0.2, -0.15) is 9.61 Å². The van der Waals surface area contributed by atoms with Crippen molar-refractivity contribution in [1.29, 1.82) is 0 Å². The quantitative estimate of drug-likeness (QED) is 0.702. The van der Waals surface area contributed by atoms with Gasteiger partial charge in [-0.1, -0.05) is 0 Å². The van der Waals surface area contributed by atoms with Crippen molar-refractivity contribution in [2.24, 2.45) is 0 Å². The molecule has 0 spiro atoms. The van der Waals surface area contributed by atoms with Crippen LogP contribution in [-0.2, 0) is 0 Å². The number of fused-ring (bicyclic) bond motifs is 1. The van der Waals surface area contributed by atoms with Gasteiger partial charge in [-0.3, -0.25) is 4.79 Å². The zero-order valence-electron chi connectivity index (χ0n) is 15.6.